The van der Waals surface area contributed by atoms with Gasteiger partial charge < -0.3 is 19.5 Å². The average Bonchev–Trinajstić information content (AvgIpc) is 3.47. The van der Waals surface area contributed by atoms with Crippen LogP contribution in [-0.2, 0) is 14.3 Å². The van der Waals surface area contributed by atoms with Gasteiger partial charge in [-0.05, 0) is 61.9 Å². The highest BCUT2D eigenvalue weighted by molar-refractivity contribution is 7.10. The van der Waals surface area contributed by atoms with Crippen LogP contribution < -0.4 is 4.74 Å². The number of carbonyl (C=O) groups is 2. The second kappa shape index (κ2) is 9.02. The number of aryl methyl sites for hydroxylation is 1. The first kappa shape index (κ1) is 21.9. The maximum atomic E-state index is 13.1. The molecule has 1 N–H and O–H groups in total. The van der Waals surface area contributed by atoms with Crippen LogP contribution in [-0.4, -0.2) is 47.6 Å². The summed E-state index contributed by atoms with van der Waals surface area (Å²) in [6.45, 7) is 5.15. The number of amides is 1. The van der Waals surface area contributed by atoms with Gasteiger partial charge in [-0.2, -0.15) is 0 Å². The minimum Gasteiger partial charge on any atom is -0.507 e. The minimum atomic E-state index is -0.693. The van der Waals surface area contributed by atoms with Crippen LogP contribution in [0, 0.1) is 6.92 Å². The fourth-order valence-electron chi connectivity index (χ4n) is 4.09. The first-order valence-corrected chi connectivity index (χ1v) is 11.5. The highest BCUT2D eigenvalue weighted by Crippen LogP contribution is 2.43. The minimum absolute atomic E-state index is 0.0818. The molecule has 4 rings (SSSR count). The van der Waals surface area contributed by atoms with E-state index < -0.39 is 17.7 Å². The molecule has 31 heavy (non-hydrogen) atoms. The first-order valence-electron chi connectivity index (χ1n) is 10.3. The highest BCUT2D eigenvalue weighted by atomic mass is 35.5. The Kier molecular flexibility index (Phi) is 6.36. The zero-order valence-corrected chi connectivity index (χ0v) is 19.0. The lowest BCUT2D eigenvalue weighted by atomic mass is 9.98. The number of halogens is 1. The number of aliphatic hydroxyl groups excluding tert-OH is 1. The van der Waals surface area contributed by atoms with Gasteiger partial charge in [0.15, 0.2) is 0 Å². The van der Waals surface area contributed by atoms with E-state index in [0.29, 0.717) is 36.1 Å². The van der Waals surface area contributed by atoms with Gasteiger partial charge in [0.1, 0.15) is 11.5 Å². The maximum absolute atomic E-state index is 13.1. The van der Waals surface area contributed by atoms with Crippen molar-refractivity contribution in [2.24, 2.45) is 0 Å². The Hall–Kier alpha value is -2.35. The third kappa shape index (κ3) is 4.10. The normalized spacial score (nSPS) is 23.0. The number of hydrogen-bond donors (Lipinski definition) is 1. The van der Waals surface area contributed by atoms with Gasteiger partial charge >= 0.3 is 0 Å². The van der Waals surface area contributed by atoms with Crippen molar-refractivity contribution in [1.29, 1.82) is 0 Å². The third-order valence-corrected chi connectivity index (χ3v) is 7.00. The van der Waals surface area contributed by atoms with Crippen molar-refractivity contribution in [2.45, 2.75) is 38.8 Å². The number of Topliss-reactive ketones (excluding diaryl/α,β-unsaturated/α-hetero) is 1. The number of ether oxygens (including phenoxy) is 2. The van der Waals surface area contributed by atoms with Crippen LogP contribution in [0.1, 0.15) is 41.8 Å². The van der Waals surface area contributed by atoms with Gasteiger partial charge in [0, 0.05) is 23.6 Å². The standard InChI is InChI=1S/C23H24ClNO5S/c1-3-29-17-11-14(6-7-16(17)24)20(26)18-19(22-13(2)8-10-31-22)25(23(28)21(18)27)12-15-5-4-9-30-15/h6-8,10-11,15,19,26H,3-5,9,12H2,1-2H3/b20-18-. The van der Waals surface area contributed by atoms with Crippen LogP contribution in [0.4, 0.5) is 0 Å². The van der Waals surface area contributed by atoms with E-state index in [1.165, 1.54) is 11.3 Å². The van der Waals surface area contributed by atoms with Crippen molar-refractivity contribution >= 4 is 40.4 Å². The molecule has 2 aliphatic heterocycles. The number of ketones is 1. The number of carbonyl (C=O) groups excluding carboxylic acids is 2. The van der Waals surface area contributed by atoms with Crippen LogP contribution in [0.15, 0.2) is 35.2 Å². The van der Waals surface area contributed by atoms with E-state index in [1.807, 2.05) is 25.3 Å². The van der Waals surface area contributed by atoms with E-state index in [9.17, 15) is 14.7 Å². The molecule has 2 saturated heterocycles. The summed E-state index contributed by atoms with van der Waals surface area (Å²) in [4.78, 5) is 28.5. The molecule has 0 aliphatic carbocycles. The topological polar surface area (TPSA) is 76.1 Å². The summed E-state index contributed by atoms with van der Waals surface area (Å²) >= 11 is 7.64. The Morgan fingerprint density at radius 2 is 2.16 bits per heavy atom. The molecule has 2 atom stereocenters. The monoisotopic (exact) mass is 461 g/mol. The number of aliphatic hydroxyl groups is 1. The molecule has 0 spiro atoms. The Bertz CT molecular complexity index is 1040. The summed E-state index contributed by atoms with van der Waals surface area (Å²) in [5.41, 5.74) is 1.42. The molecule has 164 valence electrons. The Morgan fingerprint density at radius 3 is 2.81 bits per heavy atom. The number of hydrogen-bond acceptors (Lipinski definition) is 6. The summed E-state index contributed by atoms with van der Waals surface area (Å²) < 4.78 is 11.2. The van der Waals surface area contributed by atoms with Crippen molar-refractivity contribution in [3.8, 4) is 5.75 Å². The summed E-state index contributed by atoms with van der Waals surface area (Å²) in [5.74, 6) is -1.13. The summed E-state index contributed by atoms with van der Waals surface area (Å²) in [5, 5.41) is 13.5. The molecule has 1 aromatic carbocycles. The van der Waals surface area contributed by atoms with Crippen LogP contribution in [0.3, 0.4) is 0 Å². The Balaban J connectivity index is 1.82. The van der Waals surface area contributed by atoms with Crippen molar-refractivity contribution in [3.63, 3.8) is 0 Å². The van der Waals surface area contributed by atoms with Gasteiger partial charge in [-0.1, -0.05) is 11.6 Å². The molecule has 1 amide bonds. The maximum Gasteiger partial charge on any atom is 0.295 e. The van der Waals surface area contributed by atoms with Gasteiger partial charge in [0.25, 0.3) is 11.7 Å². The smallest absolute Gasteiger partial charge is 0.295 e. The lowest BCUT2D eigenvalue weighted by Gasteiger charge is -2.27. The van der Waals surface area contributed by atoms with Crippen LogP contribution in [0.2, 0.25) is 5.02 Å². The average molecular weight is 462 g/mol. The molecule has 0 saturated carbocycles. The fourth-order valence-corrected chi connectivity index (χ4v) is 5.30. The molecule has 0 radical (unpaired) electrons. The van der Waals surface area contributed by atoms with Gasteiger partial charge in [-0.3, -0.25) is 9.59 Å². The number of likely N-dealkylation sites (tertiary alicyclic amines) is 1. The van der Waals surface area contributed by atoms with E-state index in [1.54, 1.807) is 23.1 Å². The Labute approximate surface area is 190 Å². The molecule has 2 aliphatic rings. The first-order chi connectivity index (χ1) is 14.9. The van der Waals surface area contributed by atoms with Crippen molar-refractivity contribution < 1.29 is 24.2 Å². The van der Waals surface area contributed by atoms with Gasteiger partial charge in [-0.25, -0.2) is 0 Å². The molecule has 2 fully saturated rings. The quantitative estimate of drug-likeness (QED) is 0.383. The number of rotatable bonds is 6. The SMILES string of the molecule is CCOc1cc(/C(O)=C2/C(=O)C(=O)N(CC3CCCO3)C2c2sccc2C)ccc1Cl. The highest BCUT2D eigenvalue weighted by Gasteiger charge is 2.48. The summed E-state index contributed by atoms with van der Waals surface area (Å²) in [6.07, 6.45) is 1.66. The second-order valence-electron chi connectivity index (χ2n) is 7.63. The van der Waals surface area contributed by atoms with E-state index in [-0.39, 0.29) is 17.4 Å². The predicted molar refractivity (Wildman–Crippen MR) is 120 cm³/mol. The lowest BCUT2D eigenvalue weighted by Crippen LogP contribution is -2.36. The van der Waals surface area contributed by atoms with Gasteiger partial charge in [-0.15, -0.1) is 11.3 Å². The van der Waals surface area contributed by atoms with Crippen LogP contribution >= 0.6 is 22.9 Å². The molecule has 2 unspecified atom stereocenters. The van der Waals surface area contributed by atoms with Crippen LogP contribution in [0.25, 0.3) is 5.76 Å². The van der Waals surface area contributed by atoms with E-state index >= 15 is 0 Å². The Morgan fingerprint density at radius 1 is 1.35 bits per heavy atom. The predicted octanol–water partition coefficient (Wildman–Crippen LogP) is 4.71. The van der Waals surface area contributed by atoms with E-state index in [0.717, 1.165) is 23.3 Å². The molecular formula is C23H24ClNO5S. The number of benzene rings is 1. The molecule has 8 heteroatoms. The fraction of sp³-hybridized carbons (Fsp3) is 0.391. The molecule has 0 bridgehead atoms. The lowest BCUT2D eigenvalue weighted by molar-refractivity contribution is -0.140. The molecular weight excluding hydrogens is 438 g/mol. The van der Waals surface area contributed by atoms with Crippen molar-refractivity contribution in [1.82, 2.24) is 4.90 Å². The molecule has 6 nitrogen and oxygen atoms in total. The number of thiophene rings is 1. The number of nitrogens with zero attached hydrogens (tertiary/aromatic N) is 1. The zero-order valence-electron chi connectivity index (χ0n) is 17.4. The van der Waals surface area contributed by atoms with Gasteiger partial charge in [0.05, 0.1) is 29.3 Å². The largest absolute Gasteiger partial charge is 0.507 e. The van der Waals surface area contributed by atoms with E-state index in [2.05, 4.69) is 0 Å². The van der Waals surface area contributed by atoms with E-state index in [4.69, 9.17) is 21.1 Å². The van der Waals surface area contributed by atoms with Crippen molar-refractivity contribution in [2.75, 3.05) is 19.8 Å². The molecule has 2 aromatic rings. The molecule has 1 aromatic heterocycles. The molecule has 3 heterocycles. The zero-order chi connectivity index (χ0) is 22.1. The summed E-state index contributed by atoms with van der Waals surface area (Å²) in [7, 11) is 0. The third-order valence-electron chi connectivity index (χ3n) is 5.62. The van der Waals surface area contributed by atoms with Crippen LogP contribution in [0.5, 0.6) is 5.75 Å². The van der Waals surface area contributed by atoms with Crippen molar-refractivity contribution in [3.05, 3.63) is 56.2 Å². The van der Waals surface area contributed by atoms with Gasteiger partial charge in [0.2, 0.25) is 0 Å². The summed E-state index contributed by atoms with van der Waals surface area (Å²) in [6, 6.07) is 6.10. The second-order valence-corrected chi connectivity index (χ2v) is 8.99.